The SMILES string of the molecule is CCCCCCCCCCCC/C=C/CCCC(O)C(O)C(CO)NC(=O)C(O)CCCCCCCCCCCCCCCCCC/C=C\C/C=C\CCCCCCCCCCCCCCCCC. The highest BCUT2D eigenvalue weighted by Gasteiger charge is 2.28. The van der Waals surface area contributed by atoms with Gasteiger partial charge in [0.15, 0.2) is 0 Å². The van der Waals surface area contributed by atoms with Crippen LogP contribution in [0.3, 0.4) is 0 Å². The lowest BCUT2D eigenvalue weighted by atomic mass is 10.00. The molecule has 0 fully saturated rings. The second-order valence-electron chi connectivity index (χ2n) is 21.4. The Kier molecular flexibility index (Phi) is 56.2. The largest absolute Gasteiger partial charge is 0.394 e. The predicted molar refractivity (Wildman–Crippen MR) is 302 cm³/mol. The minimum absolute atomic E-state index is 0.364. The molecule has 0 rings (SSSR count). The van der Waals surface area contributed by atoms with Gasteiger partial charge in [0.1, 0.15) is 12.2 Å². The highest BCUT2D eigenvalue weighted by molar-refractivity contribution is 5.80. The molecule has 1 amide bonds. The van der Waals surface area contributed by atoms with Crippen LogP contribution in [0, 0.1) is 0 Å². The van der Waals surface area contributed by atoms with Crippen molar-refractivity contribution >= 4 is 5.91 Å². The normalized spacial score (nSPS) is 13.9. The molecule has 0 spiro atoms. The highest BCUT2D eigenvalue weighted by Crippen LogP contribution is 2.18. The van der Waals surface area contributed by atoms with E-state index >= 15 is 0 Å². The predicted octanol–water partition coefficient (Wildman–Crippen LogP) is 18.4. The number of amides is 1. The van der Waals surface area contributed by atoms with E-state index in [0.717, 1.165) is 44.9 Å². The maximum atomic E-state index is 12.6. The smallest absolute Gasteiger partial charge is 0.249 e. The van der Waals surface area contributed by atoms with Crippen molar-refractivity contribution in [2.75, 3.05) is 6.61 Å². The molecule has 0 heterocycles. The van der Waals surface area contributed by atoms with Gasteiger partial charge in [-0.2, -0.15) is 0 Å². The van der Waals surface area contributed by atoms with Crippen LogP contribution in [0.2, 0.25) is 0 Å². The standard InChI is InChI=1S/C63H121NO5/c1-3-5-7-9-11-13-15-17-19-20-21-22-23-24-25-26-27-28-29-30-31-32-33-34-35-36-37-38-39-40-41-43-45-47-49-51-53-55-57-61(67)63(69)64-59(58-65)62(68)60(66)56-54-52-50-48-46-44-42-18-16-14-12-10-8-6-4-2/h27-28,30-31,48,50,59-62,65-68H,3-26,29,32-47,49,51-58H2,1-2H3,(H,64,69)/b28-27-,31-30-,50-48+. The lowest BCUT2D eigenvalue weighted by Gasteiger charge is -2.27. The van der Waals surface area contributed by atoms with E-state index in [1.807, 2.05) is 0 Å². The molecule has 0 aliphatic carbocycles. The zero-order valence-corrected chi connectivity index (χ0v) is 46.3. The van der Waals surface area contributed by atoms with Crippen molar-refractivity contribution in [1.29, 1.82) is 0 Å². The molecule has 0 saturated carbocycles. The van der Waals surface area contributed by atoms with Gasteiger partial charge >= 0.3 is 0 Å². The van der Waals surface area contributed by atoms with Gasteiger partial charge < -0.3 is 25.7 Å². The molecular formula is C63H121NO5. The van der Waals surface area contributed by atoms with Gasteiger partial charge in [0.05, 0.1) is 18.8 Å². The molecule has 5 N–H and O–H groups in total. The number of hydrogen-bond donors (Lipinski definition) is 5. The minimum atomic E-state index is -1.28. The number of aliphatic hydroxyl groups is 4. The van der Waals surface area contributed by atoms with Gasteiger partial charge in [0.2, 0.25) is 5.91 Å². The van der Waals surface area contributed by atoms with E-state index in [9.17, 15) is 25.2 Å². The molecule has 0 bridgehead atoms. The Morgan fingerprint density at radius 2 is 0.638 bits per heavy atom. The molecule has 408 valence electrons. The maximum Gasteiger partial charge on any atom is 0.249 e. The van der Waals surface area contributed by atoms with Gasteiger partial charge in [-0.05, 0) is 70.6 Å². The van der Waals surface area contributed by atoms with Crippen molar-refractivity contribution in [2.45, 2.75) is 353 Å². The average Bonchev–Trinajstić information content (AvgIpc) is 3.35. The first kappa shape index (κ1) is 67.5. The lowest BCUT2D eigenvalue weighted by molar-refractivity contribution is -0.132. The Morgan fingerprint density at radius 1 is 0.362 bits per heavy atom. The first-order valence-electron chi connectivity index (χ1n) is 30.9. The van der Waals surface area contributed by atoms with E-state index in [4.69, 9.17) is 0 Å². The minimum Gasteiger partial charge on any atom is -0.394 e. The number of carbonyl (C=O) groups is 1. The zero-order chi connectivity index (χ0) is 50.2. The van der Waals surface area contributed by atoms with Gasteiger partial charge in [-0.3, -0.25) is 4.79 Å². The van der Waals surface area contributed by atoms with E-state index < -0.39 is 36.9 Å². The van der Waals surface area contributed by atoms with E-state index in [1.165, 1.54) is 257 Å². The Labute approximate surface area is 430 Å². The van der Waals surface area contributed by atoms with E-state index in [2.05, 4.69) is 55.6 Å². The van der Waals surface area contributed by atoms with Gasteiger partial charge in [0.25, 0.3) is 0 Å². The van der Waals surface area contributed by atoms with Crippen LogP contribution in [0.15, 0.2) is 36.5 Å². The summed E-state index contributed by atoms with van der Waals surface area (Å²) < 4.78 is 0. The van der Waals surface area contributed by atoms with Crippen LogP contribution < -0.4 is 5.32 Å². The molecule has 0 aromatic carbocycles. The Hall–Kier alpha value is -1.47. The Morgan fingerprint density at radius 3 is 0.957 bits per heavy atom. The monoisotopic (exact) mass is 972 g/mol. The molecule has 4 unspecified atom stereocenters. The Bertz CT molecular complexity index is 1090. The quantitative estimate of drug-likeness (QED) is 0.0308. The summed E-state index contributed by atoms with van der Waals surface area (Å²) in [5, 5.41) is 43.9. The van der Waals surface area contributed by atoms with Crippen molar-refractivity contribution < 1.29 is 25.2 Å². The molecular weight excluding hydrogens is 851 g/mol. The summed E-state index contributed by atoms with van der Waals surface area (Å²) in [5.41, 5.74) is 0. The second kappa shape index (κ2) is 57.4. The third kappa shape index (κ3) is 51.2. The van der Waals surface area contributed by atoms with Crippen molar-refractivity contribution in [1.82, 2.24) is 5.32 Å². The first-order valence-corrected chi connectivity index (χ1v) is 30.9. The van der Waals surface area contributed by atoms with Gasteiger partial charge in [-0.15, -0.1) is 0 Å². The molecule has 69 heavy (non-hydrogen) atoms. The summed E-state index contributed by atoms with van der Waals surface area (Å²) >= 11 is 0. The highest BCUT2D eigenvalue weighted by atomic mass is 16.3. The first-order chi connectivity index (χ1) is 34.0. The number of aliphatic hydroxyl groups excluding tert-OH is 4. The van der Waals surface area contributed by atoms with Gasteiger partial charge in [0, 0.05) is 0 Å². The van der Waals surface area contributed by atoms with Crippen LogP contribution in [0.1, 0.15) is 328 Å². The number of unbranched alkanes of at least 4 members (excludes halogenated alkanes) is 42. The van der Waals surface area contributed by atoms with Gasteiger partial charge in [-0.25, -0.2) is 0 Å². The van der Waals surface area contributed by atoms with Crippen LogP contribution in [0.5, 0.6) is 0 Å². The van der Waals surface area contributed by atoms with Crippen molar-refractivity contribution in [3.63, 3.8) is 0 Å². The molecule has 4 atom stereocenters. The van der Waals surface area contributed by atoms with Crippen LogP contribution in [-0.4, -0.2) is 57.3 Å². The topological polar surface area (TPSA) is 110 Å². The molecule has 0 aliphatic rings. The molecule has 0 aliphatic heterocycles. The van der Waals surface area contributed by atoms with Crippen LogP contribution in [0.25, 0.3) is 0 Å². The molecule has 0 saturated heterocycles. The third-order valence-electron chi connectivity index (χ3n) is 14.6. The number of allylic oxidation sites excluding steroid dienone is 6. The van der Waals surface area contributed by atoms with E-state index in [1.54, 1.807) is 0 Å². The molecule has 0 aromatic heterocycles. The van der Waals surface area contributed by atoms with Crippen molar-refractivity contribution in [3.8, 4) is 0 Å². The third-order valence-corrected chi connectivity index (χ3v) is 14.6. The summed E-state index contributed by atoms with van der Waals surface area (Å²) in [5.74, 6) is -0.590. The average molecular weight is 973 g/mol. The van der Waals surface area contributed by atoms with E-state index in [0.29, 0.717) is 12.8 Å². The molecule has 0 radical (unpaired) electrons. The number of nitrogens with one attached hydrogen (secondary N) is 1. The summed E-state index contributed by atoms with van der Waals surface area (Å²) in [4.78, 5) is 12.6. The summed E-state index contributed by atoms with van der Waals surface area (Å²) in [7, 11) is 0. The van der Waals surface area contributed by atoms with Crippen LogP contribution in [0.4, 0.5) is 0 Å². The molecule has 6 nitrogen and oxygen atoms in total. The summed E-state index contributed by atoms with van der Waals surface area (Å²) in [6.07, 6.45) is 72.5. The molecule has 6 heteroatoms. The maximum absolute atomic E-state index is 12.6. The fourth-order valence-corrected chi connectivity index (χ4v) is 9.73. The number of rotatable bonds is 57. The number of hydrogen-bond acceptors (Lipinski definition) is 5. The lowest BCUT2D eigenvalue weighted by Crippen LogP contribution is -2.53. The van der Waals surface area contributed by atoms with Crippen molar-refractivity contribution in [3.05, 3.63) is 36.5 Å². The summed E-state index contributed by atoms with van der Waals surface area (Å²) in [6, 6.07) is -1.00. The van der Waals surface area contributed by atoms with Crippen LogP contribution in [-0.2, 0) is 4.79 Å². The van der Waals surface area contributed by atoms with Crippen LogP contribution >= 0.6 is 0 Å². The number of carbonyl (C=O) groups excluding carboxylic acids is 1. The second-order valence-corrected chi connectivity index (χ2v) is 21.4. The van der Waals surface area contributed by atoms with Gasteiger partial charge in [-0.1, -0.05) is 294 Å². The molecule has 0 aromatic rings. The Balaban J connectivity index is 3.54. The fraction of sp³-hybridized carbons (Fsp3) is 0.889. The van der Waals surface area contributed by atoms with E-state index in [-0.39, 0.29) is 0 Å². The fourth-order valence-electron chi connectivity index (χ4n) is 9.73. The summed E-state index contributed by atoms with van der Waals surface area (Å²) in [6.45, 7) is 4.07. The zero-order valence-electron chi connectivity index (χ0n) is 46.3. The van der Waals surface area contributed by atoms with Crippen molar-refractivity contribution in [2.24, 2.45) is 0 Å².